The van der Waals surface area contributed by atoms with Crippen molar-refractivity contribution in [1.82, 2.24) is 0 Å². The molecule has 3 rings (SSSR count). The highest BCUT2D eigenvalue weighted by Gasteiger charge is 2.68. The minimum atomic E-state index is -0.694. The first-order valence-corrected chi connectivity index (χ1v) is 11.5. The van der Waals surface area contributed by atoms with Gasteiger partial charge in [0.25, 0.3) is 0 Å². The second kappa shape index (κ2) is 10.2. The molecule has 0 aromatic carbocycles. The Kier molecular flexibility index (Phi) is 7.94. The number of hydrogen-bond donors (Lipinski definition) is 2. The summed E-state index contributed by atoms with van der Waals surface area (Å²) in [7, 11) is 1.44. The molecule has 2 saturated carbocycles. The van der Waals surface area contributed by atoms with Gasteiger partial charge in [0.1, 0.15) is 6.10 Å². The van der Waals surface area contributed by atoms with Crippen LogP contribution in [0.4, 0.5) is 0 Å². The van der Waals surface area contributed by atoms with E-state index in [1.54, 1.807) is 0 Å². The average molecular weight is 407 g/mol. The third kappa shape index (κ3) is 5.12. The Bertz CT molecular complexity index is 596. The molecule has 5 heteroatoms. The quantitative estimate of drug-likeness (QED) is 0.309. The standard InChI is InChI=1S/C24H38O5/c1-3-4-11-19(25)14-15-20-17(13-16-21(20)26)8-5-6-12-22-24(29-22,23(27)28-2)18-9-7-10-18/h5-6,14-15,17-22,25-26H,3-4,7-13,16H2,1-2H3/t17-,19?,20+,21?,22?,24?/m0/s1. The van der Waals surface area contributed by atoms with Crippen LogP contribution in [0.5, 0.6) is 0 Å². The predicted molar refractivity (Wildman–Crippen MR) is 112 cm³/mol. The van der Waals surface area contributed by atoms with E-state index in [-0.39, 0.29) is 24.1 Å². The maximum atomic E-state index is 12.2. The summed E-state index contributed by atoms with van der Waals surface area (Å²) in [6, 6.07) is 0. The van der Waals surface area contributed by atoms with E-state index in [2.05, 4.69) is 19.1 Å². The van der Waals surface area contributed by atoms with Crippen molar-refractivity contribution in [3.63, 3.8) is 0 Å². The van der Waals surface area contributed by atoms with Crippen LogP contribution in [0.25, 0.3) is 0 Å². The van der Waals surface area contributed by atoms with Crippen LogP contribution in [-0.2, 0) is 14.3 Å². The van der Waals surface area contributed by atoms with Crippen molar-refractivity contribution in [1.29, 1.82) is 0 Å². The van der Waals surface area contributed by atoms with Gasteiger partial charge in [-0.25, -0.2) is 4.79 Å². The van der Waals surface area contributed by atoms with Crippen LogP contribution in [0.15, 0.2) is 24.3 Å². The number of rotatable bonds is 11. The molecule has 4 unspecified atom stereocenters. The Morgan fingerprint density at radius 1 is 1.24 bits per heavy atom. The zero-order valence-corrected chi connectivity index (χ0v) is 18.0. The van der Waals surface area contributed by atoms with Crippen molar-refractivity contribution in [2.75, 3.05) is 7.11 Å². The van der Waals surface area contributed by atoms with Gasteiger partial charge in [-0.1, -0.05) is 50.5 Å². The fourth-order valence-electron chi connectivity index (χ4n) is 5.03. The Morgan fingerprint density at radius 2 is 2.00 bits per heavy atom. The summed E-state index contributed by atoms with van der Waals surface area (Å²) in [5, 5.41) is 20.4. The van der Waals surface area contributed by atoms with Gasteiger partial charge in [0, 0.05) is 11.8 Å². The molecule has 2 N–H and O–H groups in total. The molecule has 6 atom stereocenters. The second-order valence-electron chi connectivity index (χ2n) is 9.04. The lowest BCUT2D eigenvalue weighted by Gasteiger charge is -2.30. The maximum absolute atomic E-state index is 12.2. The molecule has 0 radical (unpaired) electrons. The van der Waals surface area contributed by atoms with Crippen molar-refractivity contribution in [3.05, 3.63) is 24.3 Å². The highest BCUT2D eigenvalue weighted by molar-refractivity contribution is 5.84. The highest BCUT2D eigenvalue weighted by atomic mass is 16.7. The number of epoxide rings is 1. The molecule has 0 spiro atoms. The molecular weight excluding hydrogens is 368 g/mol. The number of hydrogen-bond acceptors (Lipinski definition) is 5. The first kappa shape index (κ1) is 22.5. The third-order valence-electron chi connectivity index (χ3n) is 7.16. The van der Waals surface area contributed by atoms with Gasteiger partial charge in [-0.15, -0.1) is 0 Å². The summed E-state index contributed by atoms with van der Waals surface area (Å²) in [6.45, 7) is 2.12. The molecular formula is C24H38O5. The number of carbonyl (C=O) groups excluding carboxylic acids is 1. The van der Waals surface area contributed by atoms with Crippen LogP contribution in [0.1, 0.15) is 71.1 Å². The lowest BCUT2D eigenvalue weighted by Crippen LogP contribution is -2.40. The van der Waals surface area contributed by atoms with E-state index in [1.165, 1.54) is 13.5 Å². The molecule has 3 aliphatic rings. The summed E-state index contributed by atoms with van der Waals surface area (Å²) >= 11 is 0. The van der Waals surface area contributed by atoms with Crippen LogP contribution in [0, 0.1) is 17.8 Å². The minimum Gasteiger partial charge on any atom is -0.467 e. The van der Waals surface area contributed by atoms with E-state index in [4.69, 9.17) is 9.47 Å². The first-order valence-electron chi connectivity index (χ1n) is 11.5. The molecule has 0 aromatic heterocycles. The SMILES string of the molecule is CCCCC(O)C=C[C@H]1C(O)CC[C@@H]1CC=CCC1OC1(C(=O)OC)C1CCC1. The van der Waals surface area contributed by atoms with Crippen molar-refractivity contribution >= 4 is 5.97 Å². The molecule has 164 valence electrons. The largest absolute Gasteiger partial charge is 0.467 e. The fourth-order valence-corrected chi connectivity index (χ4v) is 5.03. The third-order valence-corrected chi connectivity index (χ3v) is 7.16. The van der Waals surface area contributed by atoms with Crippen molar-refractivity contribution in [3.8, 4) is 0 Å². The lowest BCUT2D eigenvalue weighted by molar-refractivity contribution is -0.150. The average Bonchev–Trinajstić information content (AvgIpc) is 3.27. The zero-order chi connectivity index (χ0) is 20.9. The zero-order valence-electron chi connectivity index (χ0n) is 18.0. The molecule has 0 bridgehead atoms. The van der Waals surface area contributed by atoms with Gasteiger partial charge in [0.15, 0.2) is 5.60 Å². The normalized spacial score (nSPS) is 35.9. The minimum absolute atomic E-state index is 0.0601. The summed E-state index contributed by atoms with van der Waals surface area (Å²) in [4.78, 5) is 12.2. The maximum Gasteiger partial charge on any atom is 0.341 e. The molecule has 1 saturated heterocycles. The van der Waals surface area contributed by atoms with Crippen LogP contribution < -0.4 is 0 Å². The van der Waals surface area contributed by atoms with E-state index in [9.17, 15) is 15.0 Å². The summed E-state index contributed by atoms with van der Waals surface area (Å²) in [6.07, 6.45) is 17.0. The molecule has 5 nitrogen and oxygen atoms in total. The van der Waals surface area contributed by atoms with Crippen LogP contribution >= 0.6 is 0 Å². The number of aliphatic hydroxyl groups is 2. The highest BCUT2D eigenvalue weighted by Crippen LogP contribution is 2.53. The summed E-state index contributed by atoms with van der Waals surface area (Å²) < 4.78 is 10.9. The molecule has 29 heavy (non-hydrogen) atoms. The van der Waals surface area contributed by atoms with E-state index >= 15 is 0 Å². The van der Waals surface area contributed by atoms with Gasteiger partial charge in [0.05, 0.1) is 19.3 Å². The predicted octanol–water partition coefficient (Wildman–Crippen LogP) is 3.93. The number of aliphatic hydroxyl groups excluding tert-OH is 2. The molecule has 1 heterocycles. The van der Waals surface area contributed by atoms with Gasteiger partial charge in [-0.3, -0.25) is 0 Å². The van der Waals surface area contributed by atoms with E-state index in [1.807, 2.05) is 12.2 Å². The molecule has 0 amide bonds. The number of allylic oxidation sites excluding steroid dienone is 1. The Morgan fingerprint density at radius 3 is 2.66 bits per heavy atom. The lowest BCUT2D eigenvalue weighted by atomic mass is 9.73. The van der Waals surface area contributed by atoms with Crippen LogP contribution in [0.2, 0.25) is 0 Å². The van der Waals surface area contributed by atoms with E-state index in [0.29, 0.717) is 11.8 Å². The van der Waals surface area contributed by atoms with Crippen molar-refractivity contribution < 1.29 is 24.5 Å². The van der Waals surface area contributed by atoms with Gasteiger partial charge in [-0.2, -0.15) is 0 Å². The Labute approximate surface area is 175 Å². The van der Waals surface area contributed by atoms with Gasteiger partial charge in [-0.05, 0) is 50.9 Å². The van der Waals surface area contributed by atoms with Gasteiger partial charge >= 0.3 is 5.97 Å². The van der Waals surface area contributed by atoms with E-state index in [0.717, 1.165) is 57.8 Å². The molecule has 3 fully saturated rings. The molecule has 2 aliphatic carbocycles. The van der Waals surface area contributed by atoms with Gasteiger partial charge < -0.3 is 19.7 Å². The number of carbonyl (C=O) groups is 1. The number of ether oxygens (including phenoxy) is 2. The molecule has 0 aromatic rings. The van der Waals surface area contributed by atoms with Crippen LogP contribution in [0.3, 0.4) is 0 Å². The van der Waals surface area contributed by atoms with Crippen molar-refractivity contribution in [2.45, 2.75) is 95.0 Å². The molecule has 1 aliphatic heterocycles. The number of esters is 1. The monoisotopic (exact) mass is 406 g/mol. The van der Waals surface area contributed by atoms with Crippen LogP contribution in [-0.4, -0.2) is 47.2 Å². The number of unbranched alkanes of at least 4 members (excludes halogenated alkanes) is 1. The Hall–Kier alpha value is -1.17. The smallest absolute Gasteiger partial charge is 0.341 e. The van der Waals surface area contributed by atoms with E-state index < -0.39 is 11.7 Å². The summed E-state index contributed by atoms with van der Waals surface area (Å²) in [5.41, 5.74) is -0.694. The topological polar surface area (TPSA) is 79.3 Å². The fraction of sp³-hybridized carbons (Fsp3) is 0.792. The van der Waals surface area contributed by atoms with Gasteiger partial charge in [0.2, 0.25) is 0 Å². The summed E-state index contributed by atoms with van der Waals surface area (Å²) in [5.74, 6) is 0.601. The number of methoxy groups -OCH3 is 1. The first-order chi connectivity index (χ1) is 14.0. The van der Waals surface area contributed by atoms with Crippen molar-refractivity contribution in [2.24, 2.45) is 17.8 Å². The Balaban J connectivity index is 1.47. The second-order valence-corrected chi connectivity index (χ2v) is 9.04.